The molecule has 2 heterocycles. The van der Waals surface area contributed by atoms with Crippen LogP contribution in [0.5, 0.6) is 0 Å². The zero-order valence-corrected chi connectivity index (χ0v) is 9.04. The molecule has 1 aliphatic rings. The average molecular weight is 222 g/mol. The van der Waals surface area contributed by atoms with Crippen molar-refractivity contribution in [1.29, 1.82) is 0 Å². The largest absolute Gasteiger partial charge is 0.354 e. The molecule has 1 atom stereocenters. The molecule has 1 saturated heterocycles. The highest BCUT2D eigenvalue weighted by Gasteiger charge is 2.24. The zero-order valence-electron chi connectivity index (χ0n) is 9.04. The third-order valence-corrected chi connectivity index (χ3v) is 2.67. The quantitative estimate of drug-likeness (QED) is 0.643. The summed E-state index contributed by atoms with van der Waals surface area (Å²) in [5.74, 6) is -0.367. The van der Waals surface area contributed by atoms with Crippen molar-refractivity contribution in [2.75, 3.05) is 6.54 Å². The van der Waals surface area contributed by atoms with Crippen LogP contribution >= 0.6 is 0 Å². The lowest BCUT2D eigenvalue weighted by Crippen LogP contribution is -2.50. The van der Waals surface area contributed by atoms with Crippen molar-refractivity contribution in [2.24, 2.45) is 0 Å². The van der Waals surface area contributed by atoms with E-state index in [9.17, 15) is 9.59 Å². The highest BCUT2D eigenvalue weighted by Crippen LogP contribution is 2.06. The molecule has 1 aromatic rings. The van der Waals surface area contributed by atoms with E-state index < -0.39 is 6.04 Å². The second kappa shape index (κ2) is 4.34. The second-order valence-corrected chi connectivity index (χ2v) is 3.87. The van der Waals surface area contributed by atoms with E-state index in [4.69, 9.17) is 0 Å². The number of carbonyl (C=O) groups excluding carboxylic acids is 2. The van der Waals surface area contributed by atoms with E-state index in [0.717, 1.165) is 6.42 Å². The first-order valence-electron chi connectivity index (χ1n) is 5.27. The number of nitrogens with one attached hydrogen (secondary N) is 3. The molecule has 1 aromatic heterocycles. The van der Waals surface area contributed by atoms with Crippen LogP contribution in [0.3, 0.4) is 0 Å². The Morgan fingerprint density at radius 2 is 2.44 bits per heavy atom. The molecule has 0 bridgehead atoms. The Morgan fingerprint density at radius 1 is 1.62 bits per heavy atom. The van der Waals surface area contributed by atoms with Gasteiger partial charge in [0.25, 0.3) is 5.91 Å². The van der Waals surface area contributed by atoms with Crippen LogP contribution in [0.15, 0.2) is 6.20 Å². The summed E-state index contributed by atoms with van der Waals surface area (Å²) < 4.78 is 0. The zero-order chi connectivity index (χ0) is 11.5. The molecule has 6 nitrogen and oxygen atoms in total. The minimum Gasteiger partial charge on any atom is -0.354 e. The Labute approximate surface area is 92.8 Å². The molecule has 0 saturated carbocycles. The number of aryl methyl sites for hydroxylation is 1. The summed E-state index contributed by atoms with van der Waals surface area (Å²) in [6, 6.07) is -0.421. The van der Waals surface area contributed by atoms with Gasteiger partial charge in [-0.15, -0.1) is 0 Å². The van der Waals surface area contributed by atoms with Gasteiger partial charge in [0.15, 0.2) is 0 Å². The van der Waals surface area contributed by atoms with Crippen LogP contribution in [-0.4, -0.2) is 34.6 Å². The monoisotopic (exact) mass is 222 g/mol. The summed E-state index contributed by atoms with van der Waals surface area (Å²) in [5.41, 5.74) is 1.19. The van der Waals surface area contributed by atoms with E-state index in [1.807, 2.05) is 0 Å². The third kappa shape index (κ3) is 2.05. The van der Waals surface area contributed by atoms with Crippen LogP contribution < -0.4 is 10.6 Å². The highest BCUT2D eigenvalue weighted by molar-refractivity contribution is 5.98. The molecule has 1 aliphatic heterocycles. The molecule has 3 N–H and O–H groups in total. The number of H-pyrrole nitrogens is 1. The Bertz CT molecular complexity index is 413. The summed E-state index contributed by atoms with van der Waals surface area (Å²) in [5, 5.41) is 11.9. The molecular weight excluding hydrogens is 208 g/mol. The lowest BCUT2D eigenvalue weighted by molar-refractivity contribution is -0.124. The van der Waals surface area contributed by atoms with Crippen molar-refractivity contribution in [2.45, 2.75) is 25.8 Å². The van der Waals surface area contributed by atoms with Crippen molar-refractivity contribution in [3.63, 3.8) is 0 Å². The van der Waals surface area contributed by atoms with Crippen molar-refractivity contribution >= 4 is 11.8 Å². The molecule has 0 radical (unpaired) electrons. The van der Waals surface area contributed by atoms with Gasteiger partial charge in [-0.05, 0) is 19.8 Å². The maximum Gasteiger partial charge on any atom is 0.255 e. The van der Waals surface area contributed by atoms with Crippen LogP contribution in [0.4, 0.5) is 0 Å². The number of piperidine rings is 1. The van der Waals surface area contributed by atoms with Gasteiger partial charge < -0.3 is 10.6 Å². The fraction of sp³-hybridized carbons (Fsp3) is 0.500. The predicted octanol–water partition coefficient (Wildman–Crippen LogP) is -0.273. The van der Waals surface area contributed by atoms with E-state index in [1.54, 1.807) is 6.92 Å². The molecular formula is C10H14N4O2. The number of hydrogen-bond donors (Lipinski definition) is 3. The van der Waals surface area contributed by atoms with E-state index in [1.165, 1.54) is 6.20 Å². The molecule has 2 rings (SSSR count). The lowest BCUT2D eigenvalue weighted by Gasteiger charge is -2.22. The average Bonchev–Trinajstić information content (AvgIpc) is 2.68. The van der Waals surface area contributed by atoms with E-state index in [-0.39, 0.29) is 11.8 Å². The van der Waals surface area contributed by atoms with Crippen molar-refractivity contribution < 1.29 is 9.59 Å². The van der Waals surface area contributed by atoms with Gasteiger partial charge in [-0.2, -0.15) is 5.10 Å². The number of aromatic amines is 1. The van der Waals surface area contributed by atoms with Crippen molar-refractivity contribution in [3.8, 4) is 0 Å². The predicted molar refractivity (Wildman–Crippen MR) is 56.8 cm³/mol. The number of nitrogens with zero attached hydrogens (tertiary/aromatic N) is 1. The topological polar surface area (TPSA) is 86.9 Å². The molecule has 2 amide bonds. The third-order valence-electron chi connectivity index (χ3n) is 2.67. The molecule has 1 fully saturated rings. The number of hydrogen-bond acceptors (Lipinski definition) is 3. The van der Waals surface area contributed by atoms with Gasteiger partial charge in [-0.25, -0.2) is 0 Å². The van der Waals surface area contributed by atoms with Crippen LogP contribution in [0.25, 0.3) is 0 Å². The summed E-state index contributed by atoms with van der Waals surface area (Å²) in [7, 11) is 0. The van der Waals surface area contributed by atoms with Gasteiger partial charge >= 0.3 is 0 Å². The maximum atomic E-state index is 11.8. The van der Waals surface area contributed by atoms with Crippen LogP contribution in [0.1, 0.15) is 28.9 Å². The first kappa shape index (κ1) is 10.7. The van der Waals surface area contributed by atoms with E-state index in [2.05, 4.69) is 20.8 Å². The van der Waals surface area contributed by atoms with E-state index >= 15 is 0 Å². The standard InChI is InChI=1S/C10H14N4O2/c1-6-7(5-12-14-6)9(15)13-8-3-2-4-11-10(8)16/h5,8H,2-4H2,1H3,(H,11,16)(H,12,14)(H,13,15). The Morgan fingerprint density at radius 3 is 3.06 bits per heavy atom. The lowest BCUT2D eigenvalue weighted by atomic mass is 10.1. The van der Waals surface area contributed by atoms with Gasteiger partial charge in [0.05, 0.1) is 11.8 Å². The fourth-order valence-electron chi connectivity index (χ4n) is 1.73. The van der Waals surface area contributed by atoms with Crippen LogP contribution in [0.2, 0.25) is 0 Å². The van der Waals surface area contributed by atoms with Gasteiger partial charge in [-0.1, -0.05) is 0 Å². The van der Waals surface area contributed by atoms with Crippen LogP contribution in [0, 0.1) is 6.92 Å². The molecule has 0 spiro atoms. The normalized spacial score (nSPS) is 20.3. The minimum atomic E-state index is -0.421. The van der Waals surface area contributed by atoms with Gasteiger partial charge in [-0.3, -0.25) is 14.7 Å². The minimum absolute atomic E-state index is 0.110. The summed E-state index contributed by atoms with van der Waals surface area (Å²) in [6.07, 6.45) is 3.04. The first-order valence-corrected chi connectivity index (χ1v) is 5.27. The van der Waals surface area contributed by atoms with Crippen molar-refractivity contribution in [3.05, 3.63) is 17.5 Å². The summed E-state index contributed by atoms with van der Waals surface area (Å²) in [4.78, 5) is 23.2. The summed E-state index contributed by atoms with van der Waals surface area (Å²) >= 11 is 0. The molecule has 0 aliphatic carbocycles. The van der Waals surface area contributed by atoms with Crippen molar-refractivity contribution in [1.82, 2.24) is 20.8 Å². The number of amides is 2. The number of aromatic nitrogens is 2. The van der Waals surface area contributed by atoms with Gasteiger partial charge in [0.1, 0.15) is 6.04 Å². The van der Waals surface area contributed by atoms with Gasteiger partial charge in [0.2, 0.25) is 5.91 Å². The Balaban J connectivity index is 2.02. The molecule has 16 heavy (non-hydrogen) atoms. The van der Waals surface area contributed by atoms with Crippen LogP contribution in [-0.2, 0) is 4.79 Å². The highest BCUT2D eigenvalue weighted by atomic mass is 16.2. The fourth-order valence-corrected chi connectivity index (χ4v) is 1.73. The molecule has 86 valence electrons. The van der Waals surface area contributed by atoms with Gasteiger partial charge in [0, 0.05) is 12.2 Å². The molecule has 6 heteroatoms. The number of carbonyl (C=O) groups is 2. The maximum absolute atomic E-state index is 11.8. The molecule has 1 unspecified atom stereocenters. The number of rotatable bonds is 2. The summed E-state index contributed by atoms with van der Waals surface area (Å²) in [6.45, 7) is 2.46. The van der Waals surface area contributed by atoms with E-state index in [0.29, 0.717) is 24.2 Å². The Kier molecular flexibility index (Phi) is 2.89. The molecule has 0 aromatic carbocycles. The first-order chi connectivity index (χ1) is 7.68. The Hall–Kier alpha value is -1.85. The smallest absolute Gasteiger partial charge is 0.255 e. The SMILES string of the molecule is Cc1[nH]ncc1C(=O)NC1CCCNC1=O. The second-order valence-electron chi connectivity index (χ2n) is 3.87.